The average molecular weight is 263 g/mol. The summed E-state index contributed by atoms with van der Waals surface area (Å²) in [6.07, 6.45) is 5.82. The SMILES string of the molecule is CCC1CCC(Nc2cc(C)ncn2)(C(=O)O)CC1. The van der Waals surface area contributed by atoms with Gasteiger partial charge in [0, 0.05) is 11.8 Å². The van der Waals surface area contributed by atoms with E-state index in [1.54, 1.807) is 6.07 Å². The number of hydrogen-bond acceptors (Lipinski definition) is 4. The van der Waals surface area contributed by atoms with E-state index >= 15 is 0 Å². The lowest BCUT2D eigenvalue weighted by Gasteiger charge is -2.37. The third-order valence-corrected chi connectivity index (χ3v) is 4.12. The van der Waals surface area contributed by atoms with Crippen molar-refractivity contribution >= 4 is 11.8 Å². The molecule has 1 fully saturated rings. The Morgan fingerprint density at radius 2 is 2.16 bits per heavy atom. The summed E-state index contributed by atoms with van der Waals surface area (Å²) in [5.74, 6) is 0.476. The number of hydrogen-bond donors (Lipinski definition) is 2. The van der Waals surface area contributed by atoms with Gasteiger partial charge in [0.2, 0.25) is 0 Å². The number of aromatic nitrogens is 2. The predicted octanol–water partition coefficient (Wildman–Crippen LogP) is 2.62. The maximum absolute atomic E-state index is 11.7. The van der Waals surface area contributed by atoms with Gasteiger partial charge in [-0.2, -0.15) is 0 Å². The lowest BCUT2D eigenvalue weighted by Crippen LogP contribution is -2.49. The maximum Gasteiger partial charge on any atom is 0.329 e. The van der Waals surface area contributed by atoms with Crippen LogP contribution in [0.5, 0.6) is 0 Å². The van der Waals surface area contributed by atoms with Gasteiger partial charge in [0.15, 0.2) is 0 Å². The van der Waals surface area contributed by atoms with Gasteiger partial charge in [-0.1, -0.05) is 13.3 Å². The monoisotopic (exact) mass is 263 g/mol. The summed E-state index contributed by atoms with van der Waals surface area (Å²) < 4.78 is 0. The van der Waals surface area contributed by atoms with Crippen LogP contribution in [0.25, 0.3) is 0 Å². The Balaban J connectivity index is 2.15. The normalized spacial score (nSPS) is 26.9. The van der Waals surface area contributed by atoms with Crippen molar-refractivity contribution in [3.8, 4) is 0 Å². The highest BCUT2D eigenvalue weighted by Gasteiger charge is 2.41. The molecule has 5 nitrogen and oxygen atoms in total. The van der Waals surface area contributed by atoms with Crippen molar-refractivity contribution in [1.29, 1.82) is 0 Å². The van der Waals surface area contributed by atoms with E-state index in [-0.39, 0.29) is 0 Å². The van der Waals surface area contributed by atoms with Gasteiger partial charge in [-0.3, -0.25) is 0 Å². The molecule has 0 atom stereocenters. The molecule has 0 radical (unpaired) electrons. The highest BCUT2D eigenvalue weighted by Crippen LogP contribution is 2.36. The zero-order chi connectivity index (χ0) is 13.9. The van der Waals surface area contributed by atoms with E-state index in [9.17, 15) is 9.90 Å². The van der Waals surface area contributed by atoms with Crippen LogP contribution in [0, 0.1) is 12.8 Å². The summed E-state index contributed by atoms with van der Waals surface area (Å²) in [7, 11) is 0. The van der Waals surface area contributed by atoms with Crippen molar-refractivity contribution < 1.29 is 9.90 Å². The van der Waals surface area contributed by atoms with Crippen LogP contribution >= 0.6 is 0 Å². The Bertz CT molecular complexity index is 454. The molecule has 104 valence electrons. The Morgan fingerprint density at radius 1 is 1.47 bits per heavy atom. The van der Waals surface area contributed by atoms with Gasteiger partial charge in [0.1, 0.15) is 17.7 Å². The summed E-state index contributed by atoms with van der Waals surface area (Å²) in [6.45, 7) is 4.04. The third-order valence-electron chi connectivity index (χ3n) is 4.12. The summed E-state index contributed by atoms with van der Waals surface area (Å²) in [5.41, 5.74) is -0.0350. The number of aryl methyl sites for hydroxylation is 1. The van der Waals surface area contributed by atoms with Crippen LogP contribution in [0.2, 0.25) is 0 Å². The Labute approximate surface area is 113 Å². The number of anilines is 1. The lowest BCUT2D eigenvalue weighted by molar-refractivity contribution is -0.143. The molecule has 2 N–H and O–H groups in total. The topological polar surface area (TPSA) is 75.1 Å². The second kappa shape index (κ2) is 5.55. The van der Waals surface area contributed by atoms with E-state index in [1.807, 2.05) is 6.92 Å². The number of nitrogens with zero attached hydrogens (tertiary/aromatic N) is 2. The zero-order valence-electron chi connectivity index (χ0n) is 11.5. The van der Waals surface area contributed by atoms with Gasteiger partial charge in [-0.05, 0) is 38.5 Å². The van der Waals surface area contributed by atoms with E-state index in [2.05, 4.69) is 22.2 Å². The Hall–Kier alpha value is -1.65. The molecule has 1 aromatic heterocycles. The number of rotatable bonds is 4. The lowest BCUT2D eigenvalue weighted by atomic mass is 9.75. The molecule has 2 rings (SSSR count). The molecular formula is C14H21N3O2. The smallest absolute Gasteiger partial charge is 0.329 e. The number of aliphatic carboxylic acids is 1. The Kier molecular flexibility index (Phi) is 4.02. The summed E-state index contributed by atoms with van der Waals surface area (Å²) in [5, 5.41) is 12.7. The standard InChI is InChI=1S/C14H21N3O2/c1-3-11-4-6-14(7-5-11,13(18)19)17-12-8-10(2)15-9-16-12/h8-9,11H,3-7H2,1-2H3,(H,18,19)(H,15,16,17). The van der Waals surface area contributed by atoms with Gasteiger partial charge in [0.05, 0.1) is 0 Å². The van der Waals surface area contributed by atoms with E-state index < -0.39 is 11.5 Å². The van der Waals surface area contributed by atoms with Crippen molar-refractivity contribution in [2.45, 2.75) is 51.5 Å². The molecule has 1 saturated carbocycles. The van der Waals surface area contributed by atoms with E-state index in [1.165, 1.54) is 6.33 Å². The minimum absolute atomic E-state index is 0.602. The second-order valence-electron chi connectivity index (χ2n) is 5.41. The molecule has 0 aromatic carbocycles. The fraction of sp³-hybridized carbons (Fsp3) is 0.643. The van der Waals surface area contributed by atoms with Crippen molar-refractivity contribution in [3.05, 3.63) is 18.1 Å². The molecule has 1 heterocycles. The average Bonchev–Trinajstić information content (AvgIpc) is 2.39. The van der Waals surface area contributed by atoms with Crippen LogP contribution in [0.4, 0.5) is 5.82 Å². The van der Waals surface area contributed by atoms with Crippen molar-refractivity contribution in [2.24, 2.45) is 5.92 Å². The first-order chi connectivity index (χ1) is 9.05. The number of carbonyl (C=O) groups is 1. The van der Waals surface area contributed by atoms with Gasteiger partial charge in [-0.15, -0.1) is 0 Å². The van der Waals surface area contributed by atoms with E-state index in [0.29, 0.717) is 24.6 Å². The van der Waals surface area contributed by atoms with E-state index in [0.717, 1.165) is 25.0 Å². The number of nitrogens with one attached hydrogen (secondary N) is 1. The summed E-state index contributed by atoms with van der Waals surface area (Å²) >= 11 is 0. The van der Waals surface area contributed by atoms with Gasteiger partial charge in [0.25, 0.3) is 0 Å². The van der Waals surface area contributed by atoms with Crippen LogP contribution in [0.1, 0.15) is 44.7 Å². The third kappa shape index (κ3) is 3.03. The molecule has 0 saturated heterocycles. The summed E-state index contributed by atoms with van der Waals surface area (Å²) in [4.78, 5) is 19.8. The zero-order valence-corrected chi connectivity index (χ0v) is 11.5. The quantitative estimate of drug-likeness (QED) is 0.873. The first-order valence-electron chi connectivity index (χ1n) is 6.86. The molecule has 1 aliphatic rings. The minimum atomic E-state index is -0.869. The molecule has 0 amide bonds. The van der Waals surface area contributed by atoms with Gasteiger partial charge >= 0.3 is 5.97 Å². The molecular weight excluding hydrogens is 242 g/mol. The van der Waals surface area contributed by atoms with Crippen LogP contribution < -0.4 is 5.32 Å². The fourth-order valence-corrected chi connectivity index (χ4v) is 2.74. The van der Waals surface area contributed by atoms with Crippen LogP contribution in [-0.4, -0.2) is 26.6 Å². The molecule has 5 heteroatoms. The number of carboxylic acids is 1. The van der Waals surface area contributed by atoms with Crippen LogP contribution in [0.3, 0.4) is 0 Å². The van der Waals surface area contributed by atoms with Gasteiger partial charge in [-0.25, -0.2) is 14.8 Å². The number of carboxylic acid groups (broad SMARTS) is 1. The highest BCUT2D eigenvalue weighted by molar-refractivity contribution is 5.82. The fourth-order valence-electron chi connectivity index (χ4n) is 2.74. The first-order valence-corrected chi connectivity index (χ1v) is 6.86. The molecule has 0 spiro atoms. The second-order valence-corrected chi connectivity index (χ2v) is 5.41. The first kappa shape index (κ1) is 13.8. The van der Waals surface area contributed by atoms with Crippen molar-refractivity contribution in [2.75, 3.05) is 5.32 Å². The van der Waals surface area contributed by atoms with E-state index in [4.69, 9.17) is 0 Å². The Morgan fingerprint density at radius 3 is 2.68 bits per heavy atom. The van der Waals surface area contributed by atoms with Gasteiger partial charge < -0.3 is 10.4 Å². The molecule has 1 aliphatic carbocycles. The molecule has 1 aromatic rings. The molecule has 0 unspecified atom stereocenters. The van der Waals surface area contributed by atoms with Crippen molar-refractivity contribution in [1.82, 2.24) is 9.97 Å². The van der Waals surface area contributed by atoms with Crippen LogP contribution in [0.15, 0.2) is 12.4 Å². The molecule has 0 aliphatic heterocycles. The predicted molar refractivity (Wildman–Crippen MR) is 73.0 cm³/mol. The van der Waals surface area contributed by atoms with Crippen molar-refractivity contribution in [3.63, 3.8) is 0 Å². The minimum Gasteiger partial charge on any atom is -0.480 e. The largest absolute Gasteiger partial charge is 0.480 e. The highest BCUT2D eigenvalue weighted by atomic mass is 16.4. The maximum atomic E-state index is 11.7. The summed E-state index contributed by atoms with van der Waals surface area (Å²) in [6, 6.07) is 1.79. The molecule has 19 heavy (non-hydrogen) atoms. The van der Waals surface area contributed by atoms with Crippen LogP contribution in [-0.2, 0) is 4.79 Å². The molecule has 0 bridgehead atoms.